The zero-order chi connectivity index (χ0) is 14.0. The van der Waals surface area contributed by atoms with Gasteiger partial charge in [-0.1, -0.05) is 31.9 Å². The van der Waals surface area contributed by atoms with Crippen LogP contribution in [0.15, 0.2) is 11.6 Å². The summed E-state index contributed by atoms with van der Waals surface area (Å²) in [5, 5.41) is 0. The van der Waals surface area contributed by atoms with Crippen molar-refractivity contribution in [1.82, 2.24) is 0 Å². The van der Waals surface area contributed by atoms with Crippen molar-refractivity contribution in [2.75, 3.05) is 0 Å². The first-order valence-electron chi connectivity index (χ1n) is 8.78. The molecule has 0 N–H and O–H groups in total. The van der Waals surface area contributed by atoms with Gasteiger partial charge in [-0.3, -0.25) is 4.79 Å². The third-order valence-corrected chi connectivity index (χ3v) is 7.73. The minimum absolute atomic E-state index is 0.0392. The normalized spacial score (nSPS) is 51.0. The average molecular weight is 272 g/mol. The summed E-state index contributed by atoms with van der Waals surface area (Å²) in [6.07, 6.45) is 13.9. The van der Waals surface area contributed by atoms with E-state index in [1.165, 1.54) is 51.4 Å². The Morgan fingerprint density at radius 3 is 2.65 bits per heavy atom. The van der Waals surface area contributed by atoms with E-state index >= 15 is 0 Å². The fourth-order valence-electron chi connectivity index (χ4n) is 6.47. The Morgan fingerprint density at radius 1 is 1.00 bits per heavy atom. The van der Waals surface area contributed by atoms with E-state index in [1.807, 2.05) is 0 Å². The van der Waals surface area contributed by atoms with E-state index < -0.39 is 0 Å². The van der Waals surface area contributed by atoms with Gasteiger partial charge in [0.25, 0.3) is 0 Å². The van der Waals surface area contributed by atoms with Crippen LogP contribution in [0.5, 0.6) is 0 Å². The lowest BCUT2D eigenvalue weighted by atomic mass is 9.48. The van der Waals surface area contributed by atoms with Crippen LogP contribution in [0.25, 0.3) is 0 Å². The van der Waals surface area contributed by atoms with Crippen molar-refractivity contribution in [3.63, 3.8) is 0 Å². The van der Waals surface area contributed by atoms with Crippen molar-refractivity contribution >= 4 is 5.78 Å². The van der Waals surface area contributed by atoms with E-state index in [-0.39, 0.29) is 5.41 Å². The molecule has 0 aromatic heterocycles. The first-order chi connectivity index (χ1) is 9.56. The summed E-state index contributed by atoms with van der Waals surface area (Å²) in [6.45, 7) is 4.83. The topological polar surface area (TPSA) is 17.1 Å². The Morgan fingerprint density at radius 2 is 1.80 bits per heavy atom. The fourth-order valence-corrected chi connectivity index (χ4v) is 6.47. The highest BCUT2D eigenvalue weighted by molar-refractivity contribution is 5.87. The minimum Gasteiger partial charge on any atom is -0.299 e. The molecule has 4 aliphatic rings. The number of ketones is 1. The van der Waals surface area contributed by atoms with Gasteiger partial charge in [0.1, 0.15) is 5.78 Å². The number of rotatable bonds is 0. The molecule has 0 unspecified atom stereocenters. The number of carbonyl (C=O) groups excluding carboxylic acids is 1. The van der Waals surface area contributed by atoms with Gasteiger partial charge in [0.05, 0.1) is 0 Å². The second-order valence-electron chi connectivity index (χ2n) is 8.38. The van der Waals surface area contributed by atoms with Crippen LogP contribution < -0.4 is 0 Å². The molecule has 5 atom stereocenters. The predicted molar refractivity (Wildman–Crippen MR) is 81.3 cm³/mol. The lowest BCUT2D eigenvalue weighted by molar-refractivity contribution is -0.131. The van der Waals surface area contributed by atoms with E-state index in [2.05, 4.69) is 19.9 Å². The third kappa shape index (κ3) is 1.53. The monoisotopic (exact) mass is 272 g/mol. The molecule has 0 aliphatic heterocycles. The molecule has 0 aromatic rings. The summed E-state index contributed by atoms with van der Waals surface area (Å²) in [5.41, 5.74) is 2.30. The molecule has 0 aromatic carbocycles. The SMILES string of the molecule is C[C@]12CCCCC1=CC[C@@H]1[C@H]2CC[C@]2(C)C(=O)CC[C@@H]12. The number of Topliss-reactive ketones (excluding diaryl/α,β-unsaturated/α-hetero) is 1. The molecule has 4 aliphatic carbocycles. The Kier molecular flexibility index (Phi) is 2.76. The lowest BCUT2D eigenvalue weighted by Crippen LogP contribution is -2.49. The summed E-state index contributed by atoms with van der Waals surface area (Å²) in [4.78, 5) is 12.4. The van der Waals surface area contributed by atoms with Crippen molar-refractivity contribution < 1.29 is 4.79 Å². The first-order valence-corrected chi connectivity index (χ1v) is 8.78. The molecule has 0 spiro atoms. The quantitative estimate of drug-likeness (QED) is 0.573. The van der Waals surface area contributed by atoms with Crippen LogP contribution in [0.1, 0.15) is 71.6 Å². The molecular formula is C19H28O. The molecular weight excluding hydrogens is 244 g/mol. The maximum absolute atomic E-state index is 12.4. The molecule has 0 bridgehead atoms. The van der Waals surface area contributed by atoms with Crippen molar-refractivity contribution in [2.45, 2.75) is 71.6 Å². The highest BCUT2D eigenvalue weighted by Crippen LogP contribution is 2.63. The largest absolute Gasteiger partial charge is 0.299 e. The van der Waals surface area contributed by atoms with Crippen molar-refractivity contribution in [1.29, 1.82) is 0 Å². The number of allylic oxidation sites excluding steroid dienone is 2. The van der Waals surface area contributed by atoms with Crippen LogP contribution in [-0.4, -0.2) is 5.78 Å². The molecule has 1 heteroatoms. The van der Waals surface area contributed by atoms with Crippen LogP contribution >= 0.6 is 0 Å². The van der Waals surface area contributed by atoms with Crippen LogP contribution in [0, 0.1) is 28.6 Å². The first kappa shape index (κ1) is 13.1. The zero-order valence-corrected chi connectivity index (χ0v) is 13.1. The Hall–Kier alpha value is -0.590. The van der Waals surface area contributed by atoms with Gasteiger partial charge >= 0.3 is 0 Å². The van der Waals surface area contributed by atoms with Gasteiger partial charge in [-0.25, -0.2) is 0 Å². The molecule has 0 heterocycles. The van der Waals surface area contributed by atoms with E-state index in [1.54, 1.807) is 5.57 Å². The molecule has 0 radical (unpaired) electrons. The molecule has 3 saturated carbocycles. The predicted octanol–water partition coefficient (Wildman–Crippen LogP) is 4.91. The molecule has 20 heavy (non-hydrogen) atoms. The zero-order valence-electron chi connectivity index (χ0n) is 13.1. The van der Waals surface area contributed by atoms with Gasteiger partial charge in [0.15, 0.2) is 0 Å². The van der Waals surface area contributed by atoms with Gasteiger partial charge in [-0.2, -0.15) is 0 Å². The van der Waals surface area contributed by atoms with Gasteiger partial charge in [-0.15, -0.1) is 0 Å². The van der Waals surface area contributed by atoms with Crippen LogP contribution in [0.4, 0.5) is 0 Å². The second-order valence-corrected chi connectivity index (χ2v) is 8.38. The summed E-state index contributed by atoms with van der Waals surface area (Å²) in [5.74, 6) is 2.92. The Labute approximate surface area is 123 Å². The highest BCUT2D eigenvalue weighted by atomic mass is 16.1. The van der Waals surface area contributed by atoms with Crippen LogP contribution in [0.3, 0.4) is 0 Å². The third-order valence-electron chi connectivity index (χ3n) is 7.73. The fraction of sp³-hybridized carbons (Fsp3) is 0.842. The standard InChI is InChI=1S/C19H28O/c1-18-11-4-3-5-13(18)6-7-14-15-8-9-17(20)19(15,2)12-10-16(14)18/h6,14-16H,3-5,7-12H2,1-2H3/t14-,15-,16+,18-,19-/m0/s1. The van der Waals surface area contributed by atoms with E-state index in [0.29, 0.717) is 17.1 Å². The number of hydrogen-bond acceptors (Lipinski definition) is 1. The van der Waals surface area contributed by atoms with E-state index in [9.17, 15) is 4.79 Å². The van der Waals surface area contributed by atoms with Crippen LogP contribution in [0.2, 0.25) is 0 Å². The van der Waals surface area contributed by atoms with Crippen molar-refractivity contribution in [3.05, 3.63) is 11.6 Å². The van der Waals surface area contributed by atoms with Crippen molar-refractivity contribution in [3.8, 4) is 0 Å². The van der Waals surface area contributed by atoms with Gasteiger partial charge in [0, 0.05) is 11.8 Å². The van der Waals surface area contributed by atoms with Gasteiger partial charge in [0.2, 0.25) is 0 Å². The average Bonchev–Trinajstić information content (AvgIpc) is 2.74. The maximum atomic E-state index is 12.4. The number of fused-ring (bicyclic) bond motifs is 5. The number of hydrogen-bond donors (Lipinski definition) is 0. The Bertz CT molecular complexity index is 476. The smallest absolute Gasteiger partial charge is 0.139 e. The molecule has 110 valence electrons. The minimum atomic E-state index is 0.0392. The summed E-state index contributed by atoms with van der Waals surface area (Å²) >= 11 is 0. The maximum Gasteiger partial charge on any atom is 0.139 e. The van der Waals surface area contributed by atoms with Crippen molar-refractivity contribution in [2.24, 2.45) is 28.6 Å². The molecule has 0 amide bonds. The Balaban J connectivity index is 1.71. The summed E-state index contributed by atoms with van der Waals surface area (Å²) in [7, 11) is 0. The highest BCUT2D eigenvalue weighted by Gasteiger charge is 2.58. The summed E-state index contributed by atoms with van der Waals surface area (Å²) in [6, 6.07) is 0. The molecule has 0 saturated heterocycles. The number of carbonyl (C=O) groups is 1. The van der Waals surface area contributed by atoms with Crippen LogP contribution in [-0.2, 0) is 4.79 Å². The van der Waals surface area contributed by atoms with Gasteiger partial charge < -0.3 is 0 Å². The van der Waals surface area contributed by atoms with E-state index in [4.69, 9.17) is 0 Å². The van der Waals surface area contributed by atoms with Gasteiger partial charge in [-0.05, 0) is 68.1 Å². The summed E-state index contributed by atoms with van der Waals surface area (Å²) < 4.78 is 0. The molecule has 3 fully saturated rings. The second kappa shape index (κ2) is 4.21. The molecule has 4 rings (SSSR count). The molecule has 1 nitrogen and oxygen atoms in total. The lowest BCUT2D eigenvalue weighted by Gasteiger charge is -2.56. The van der Waals surface area contributed by atoms with E-state index in [0.717, 1.165) is 18.3 Å².